The third kappa shape index (κ3) is 1.79. The van der Waals surface area contributed by atoms with Crippen molar-refractivity contribution in [1.29, 1.82) is 0 Å². The van der Waals surface area contributed by atoms with Gasteiger partial charge in [0.25, 0.3) is 0 Å². The summed E-state index contributed by atoms with van der Waals surface area (Å²) in [5.74, 6) is 0. The maximum absolute atomic E-state index is 7.29. The summed E-state index contributed by atoms with van der Waals surface area (Å²) in [6, 6.07) is 0. The maximum Gasteiger partial charge on any atom is 0.0140 e. The van der Waals surface area contributed by atoms with Crippen molar-refractivity contribution in [3.05, 3.63) is 10.4 Å². The molecule has 0 aromatic heterocycles. The minimum absolute atomic E-state index is 2.28. The van der Waals surface area contributed by atoms with Crippen LogP contribution in [0.3, 0.4) is 0 Å². The third-order valence-corrected chi connectivity index (χ3v) is 0.176. The summed E-state index contributed by atoms with van der Waals surface area (Å²) < 4.78 is 2.73. The Kier molecular flexibility index (Phi) is 2.64. The lowest BCUT2D eigenvalue weighted by Crippen LogP contribution is -0.959. The van der Waals surface area contributed by atoms with Gasteiger partial charge in [0.1, 0.15) is 0 Å². The summed E-state index contributed by atoms with van der Waals surface area (Å²) in [5, 5.41) is 0. The average Bonchev–Trinajstić information content (AvgIpc) is 1.37. The topological polar surface area (TPSA) is 48.8 Å². The zero-order valence-electron chi connectivity index (χ0n) is 1.72. The Morgan fingerprint density at radius 3 is 2.25 bits per heavy atom. The molecule has 0 atom stereocenters. The Balaban J connectivity index is 3.11. The highest BCUT2D eigenvalue weighted by molar-refractivity contribution is 9.08. The van der Waals surface area contributed by atoms with Crippen LogP contribution < -0.4 is 0 Å². The zero-order chi connectivity index (χ0) is 3.41. The van der Waals surface area contributed by atoms with E-state index in [0.29, 0.717) is 0 Å². The molecule has 22 valence electrons. The second kappa shape index (κ2) is 2.79. The molecule has 0 aliphatic rings. The molecule has 0 bridgehead atoms. The molecule has 0 N–H and O–H groups in total. The van der Waals surface area contributed by atoms with Crippen LogP contribution in [-0.2, 0) is 0 Å². The molecule has 0 fully saturated rings. The predicted molar refractivity (Wildman–Crippen MR) is 18.1 cm³/mol. The summed E-state index contributed by atoms with van der Waals surface area (Å²) in [7, 11) is 0. The first-order valence-corrected chi connectivity index (χ1v) is 1.28. The Bertz CT molecular complexity index is 41.2. The quantitative estimate of drug-likeness (QED) is 0.266. The van der Waals surface area contributed by atoms with E-state index in [1.165, 1.54) is 0 Å². The van der Waals surface area contributed by atoms with Crippen molar-refractivity contribution in [1.82, 2.24) is 0 Å². The first kappa shape index (κ1) is 3.79. The van der Waals surface area contributed by atoms with Gasteiger partial charge in [-0.3, -0.25) is 0 Å². The second-order valence-corrected chi connectivity index (χ2v) is 0.482. The molecule has 0 aromatic carbocycles. The highest BCUT2D eigenvalue weighted by atomic mass is 79.9. The number of rotatable bonds is 0. The van der Waals surface area contributed by atoms with Gasteiger partial charge in [0.2, 0.25) is 0 Å². The molecule has 4 heavy (non-hydrogen) atoms. The summed E-state index contributed by atoms with van der Waals surface area (Å²) in [6.07, 6.45) is 0. The number of halogens is 1. The molecule has 0 aliphatic carbocycles. The van der Waals surface area contributed by atoms with E-state index >= 15 is 0 Å². The zero-order valence-corrected chi connectivity index (χ0v) is 3.31. The van der Waals surface area contributed by atoms with Gasteiger partial charge in [-0.25, -0.2) is 0 Å². The standard InChI is InChI=1S/BrN3/c1-3-4-2. The fourth-order valence-electron chi connectivity index (χ4n) is 0. The Morgan fingerprint density at radius 1 is 2.00 bits per heavy atom. The molecular weight excluding hydrogens is 122 g/mol. The van der Waals surface area contributed by atoms with Gasteiger partial charge >= 0.3 is 0 Å². The van der Waals surface area contributed by atoms with E-state index in [4.69, 9.17) is 5.53 Å². The van der Waals surface area contributed by atoms with Crippen molar-refractivity contribution in [2.45, 2.75) is 0 Å². The minimum Gasteiger partial charge on any atom is -0.0226 e. The Labute approximate surface area is 31.6 Å². The molecule has 0 saturated carbocycles. The van der Waals surface area contributed by atoms with E-state index in [-0.39, 0.29) is 0 Å². The molecule has 0 aromatic rings. The van der Waals surface area contributed by atoms with Crippen LogP contribution in [0.1, 0.15) is 0 Å². The molecule has 0 heterocycles. The fourth-order valence-corrected chi connectivity index (χ4v) is 0. The van der Waals surface area contributed by atoms with Crippen LogP contribution in [0.2, 0.25) is 0 Å². The first-order chi connectivity index (χ1) is 1.91. The summed E-state index contributed by atoms with van der Waals surface area (Å²) in [6.45, 7) is 0. The second-order valence-electron chi connectivity index (χ2n) is 0.165. The van der Waals surface area contributed by atoms with E-state index in [0.717, 1.165) is 0 Å². The Hall–Kier alpha value is -0.210. The summed E-state index contributed by atoms with van der Waals surface area (Å²) in [5.41, 5.74) is 7.29. The van der Waals surface area contributed by atoms with E-state index in [1.807, 2.05) is 0 Å². The van der Waals surface area contributed by atoms with Crippen LogP contribution in [0.25, 0.3) is 10.4 Å². The Morgan fingerprint density at radius 2 is 2.25 bits per heavy atom. The van der Waals surface area contributed by atoms with E-state index in [2.05, 4.69) is 25.2 Å². The van der Waals surface area contributed by atoms with E-state index in [9.17, 15) is 0 Å². The number of hydrogen-bond donors (Lipinski definition) is 0. The lowest BCUT2D eigenvalue weighted by molar-refractivity contribution is 1.86. The highest BCUT2D eigenvalue weighted by Gasteiger charge is 1.30. The van der Waals surface area contributed by atoms with Gasteiger partial charge in [-0.1, -0.05) is 0 Å². The molecule has 0 amide bonds. The lowest BCUT2D eigenvalue weighted by Gasteiger charge is -1.31. The normalized spacial score (nSPS) is 4.25. The molecule has 0 rings (SSSR count). The van der Waals surface area contributed by atoms with Crippen molar-refractivity contribution in [2.24, 2.45) is 4.14 Å². The molecule has 0 aliphatic heterocycles. The SMILES string of the molecule is [N-]=[N+]=NBr. The number of azide groups is 1. The van der Waals surface area contributed by atoms with E-state index < -0.39 is 0 Å². The number of hydrogen-bond acceptors (Lipinski definition) is 1. The van der Waals surface area contributed by atoms with Crippen LogP contribution in [0.15, 0.2) is 4.14 Å². The molecule has 0 spiro atoms. The predicted octanol–water partition coefficient (Wildman–Crippen LogP) is 1.61. The van der Waals surface area contributed by atoms with Crippen LogP contribution in [0.4, 0.5) is 0 Å². The van der Waals surface area contributed by atoms with Gasteiger partial charge in [-0.15, -0.1) is 0 Å². The molecule has 4 heteroatoms. The van der Waals surface area contributed by atoms with E-state index in [1.54, 1.807) is 0 Å². The summed E-state index contributed by atoms with van der Waals surface area (Å²) in [4.78, 5) is 2.28. The highest BCUT2D eigenvalue weighted by Crippen LogP contribution is 1.75. The largest absolute Gasteiger partial charge is 0.0226 e. The van der Waals surface area contributed by atoms with Crippen LogP contribution >= 0.6 is 16.1 Å². The fraction of sp³-hybridized carbons (Fsp3) is 0. The molecule has 0 unspecified atom stereocenters. The molecular formula is BrN3. The van der Waals surface area contributed by atoms with Crippen molar-refractivity contribution >= 4 is 16.1 Å². The van der Waals surface area contributed by atoms with Gasteiger partial charge < -0.3 is 0 Å². The van der Waals surface area contributed by atoms with Crippen LogP contribution in [-0.4, -0.2) is 0 Å². The lowest BCUT2D eigenvalue weighted by atomic mass is 13.0. The average molecular weight is 122 g/mol. The van der Waals surface area contributed by atoms with Crippen LogP contribution in [0.5, 0.6) is 0 Å². The van der Waals surface area contributed by atoms with Crippen molar-refractivity contribution < 1.29 is 0 Å². The maximum atomic E-state index is 7.29. The monoisotopic (exact) mass is 121 g/mol. The van der Waals surface area contributed by atoms with Gasteiger partial charge in [0, 0.05) is 21.1 Å². The molecule has 0 saturated heterocycles. The van der Waals surface area contributed by atoms with Crippen molar-refractivity contribution in [3.8, 4) is 0 Å². The van der Waals surface area contributed by atoms with Crippen molar-refractivity contribution in [2.75, 3.05) is 0 Å². The van der Waals surface area contributed by atoms with Gasteiger partial charge in [-0.05, 0) is 9.67 Å². The smallest absolute Gasteiger partial charge is 0.0140 e. The van der Waals surface area contributed by atoms with Crippen molar-refractivity contribution in [3.63, 3.8) is 0 Å². The molecule has 0 radical (unpaired) electrons. The van der Waals surface area contributed by atoms with Gasteiger partial charge in [0.05, 0.1) is 0 Å². The number of nitrogens with zero attached hydrogens (tertiary/aromatic N) is 3. The minimum atomic E-state index is 2.28. The molecule has 3 nitrogen and oxygen atoms in total. The first-order valence-electron chi connectivity index (χ1n) is 0.569. The van der Waals surface area contributed by atoms with Gasteiger partial charge in [0.15, 0.2) is 0 Å². The van der Waals surface area contributed by atoms with Gasteiger partial charge in [-0.2, -0.15) is 0 Å². The summed E-state index contributed by atoms with van der Waals surface area (Å²) >= 11 is 2.46. The van der Waals surface area contributed by atoms with Crippen LogP contribution in [0, 0.1) is 0 Å². The third-order valence-electron chi connectivity index (χ3n) is 0.0338.